The Kier molecular flexibility index (Phi) is 1.06. The Morgan fingerprint density at radius 2 is 1.91 bits per heavy atom. The second kappa shape index (κ2) is 1.92. The van der Waals surface area contributed by atoms with E-state index in [0.29, 0.717) is 0 Å². The summed E-state index contributed by atoms with van der Waals surface area (Å²) in [5.74, 6) is -0.235. The molecule has 0 atom stereocenters. The summed E-state index contributed by atoms with van der Waals surface area (Å²) in [7, 11) is 0. The number of H-pyrrole nitrogens is 1. The molecule has 1 heterocycles. The smallest absolute Gasteiger partial charge is 0.159 e. The summed E-state index contributed by atoms with van der Waals surface area (Å²) >= 11 is 0. The zero-order chi connectivity index (χ0) is 7.84. The van der Waals surface area contributed by atoms with E-state index in [0.717, 1.165) is 10.9 Å². The molecule has 2 aromatic rings. The summed E-state index contributed by atoms with van der Waals surface area (Å²) in [6.07, 6.45) is 1.63. The van der Waals surface area contributed by atoms with Crippen LogP contribution in [0.15, 0.2) is 18.3 Å². The number of aromatic hydroxyl groups is 2. The van der Waals surface area contributed by atoms with Crippen LogP contribution < -0.4 is 0 Å². The number of fused-ring (bicyclic) bond motifs is 1. The molecule has 0 aliphatic heterocycles. The highest BCUT2D eigenvalue weighted by Crippen LogP contribution is 2.28. The number of hydrogen-bond acceptors (Lipinski definition) is 2. The van der Waals surface area contributed by atoms with Crippen molar-refractivity contribution in [1.82, 2.24) is 4.98 Å². The van der Waals surface area contributed by atoms with Gasteiger partial charge in [-0.25, -0.2) is 0 Å². The second-order valence-electron chi connectivity index (χ2n) is 2.32. The Balaban J connectivity index is 2.86. The third kappa shape index (κ3) is 0.816. The number of nitrogens with one attached hydrogen (secondary N) is 1. The third-order valence-electron chi connectivity index (χ3n) is 1.57. The van der Waals surface area contributed by atoms with Gasteiger partial charge in [-0.1, -0.05) is 0 Å². The molecule has 0 spiro atoms. The Morgan fingerprint density at radius 1 is 1.18 bits per heavy atom. The van der Waals surface area contributed by atoms with Crippen LogP contribution in [0.4, 0.5) is 0 Å². The van der Waals surface area contributed by atoms with E-state index in [4.69, 9.17) is 10.2 Å². The number of phenolic OH excluding ortho intramolecular Hbond substituents is 2. The fourth-order valence-corrected chi connectivity index (χ4v) is 1.01. The van der Waals surface area contributed by atoms with Crippen molar-refractivity contribution < 1.29 is 10.2 Å². The zero-order valence-electron chi connectivity index (χ0n) is 5.63. The minimum atomic E-state index is -0.117. The molecule has 3 N–H and O–H groups in total. The first-order valence-corrected chi connectivity index (χ1v) is 3.18. The van der Waals surface area contributed by atoms with Gasteiger partial charge in [0.15, 0.2) is 11.5 Å². The molecule has 1 radical (unpaired) electrons. The highest BCUT2D eigenvalue weighted by molar-refractivity contribution is 5.82. The van der Waals surface area contributed by atoms with Crippen LogP contribution >= 0.6 is 0 Å². The first-order valence-electron chi connectivity index (χ1n) is 3.18. The van der Waals surface area contributed by atoms with Crippen LogP contribution in [0.1, 0.15) is 0 Å². The van der Waals surface area contributed by atoms with Crippen molar-refractivity contribution in [2.75, 3.05) is 0 Å². The van der Waals surface area contributed by atoms with Gasteiger partial charge in [0.25, 0.3) is 0 Å². The summed E-state index contributed by atoms with van der Waals surface area (Å²) in [5.41, 5.74) is 0.764. The molecular formula is C8H6NO2. The number of aromatic nitrogens is 1. The van der Waals surface area contributed by atoms with Gasteiger partial charge in [-0.3, -0.25) is 0 Å². The van der Waals surface area contributed by atoms with Crippen molar-refractivity contribution >= 4 is 10.9 Å². The third-order valence-corrected chi connectivity index (χ3v) is 1.57. The van der Waals surface area contributed by atoms with Gasteiger partial charge in [0, 0.05) is 29.2 Å². The van der Waals surface area contributed by atoms with E-state index in [9.17, 15) is 0 Å². The van der Waals surface area contributed by atoms with Crippen LogP contribution in [-0.4, -0.2) is 15.2 Å². The van der Waals surface area contributed by atoms with Gasteiger partial charge < -0.3 is 15.2 Å². The molecule has 0 amide bonds. The van der Waals surface area contributed by atoms with Crippen molar-refractivity contribution in [1.29, 1.82) is 0 Å². The van der Waals surface area contributed by atoms with Crippen LogP contribution in [0.2, 0.25) is 0 Å². The SMILES string of the molecule is Oc1cc2[c]c[nH]c2cc1O. The fourth-order valence-electron chi connectivity index (χ4n) is 1.01. The Labute approximate surface area is 62.9 Å². The van der Waals surface area contributed by atoms with Crippen molar-refractivity contribution in [2.24, 2.45) is 0 Å². The molecule has 0 fully saturated rings. The van der Waals surface area contributed by atoms with Crippen molar-refractivity contribution in [2.45, 2.75) is 0 Å². The molecule has 1 aromatic carbocycles. The highest BCUT2D eigenvalue weighted by Gasteiger charge is 2.01. The molecule has 2 rings (SSSR count). The first kappa shape index (κ1) is 6.09. The van der Waals surface area contributed by atoms with Crippen LogP contribution in [0.5, 0.6) is 11.5 Å². The Bertz CT molecular complexity index is 356. The van der Waals surface area contributed by atoms with Gasteiger partial charge in [-0.2, -0.15) is 0 Å². The number of rotatable bonds is 0. The average molecular weight is 148 g/mol. The lowest BCUT2D eigenvalue weighted by atomic mass is 10.2. The second-order valence-corrected chi connectivity index (χ2v) is 2.32. The predicted octanol–water partition coefficient (Wildman–Crippen LogP) is 1.38. The maximum atomic E-state index is 9.05. The standard InChI is InChI=1S/C8H6NO2/c10-7-3-5-1-2-9-6(5)4-8(7)11/h2-4,9-11H. The zero-order valence-corrected chi connectivity index (χ0v) is 5.63. The molecule has 3 heteroatoms. The van der Waals surface area contributed by atoms with Crippen LogP contribution in [0, 0.1) is 6.07 Å². The van der Waals surface area contributed by atoms with E-state index < -0.39 is 0 Å². The summed E-state index contributed by atoms with van der Waals surface area (Å²) < 4.78 is 0. The quantitative estimate of drug-likeness (QED) is 0.494. The minimum absolute atomic E-state index is 0.117. The molecule has 0 aliphatic rings. The summed E-state index contributed by atoms with van der Waals surface area (Å²) in [6, 6.07) is 5.78. The molecule has 55 valence electrons. The van der Waals surface area contributed by atoms with E-state index in [1.54, 1.807) is 6.20 Å². The molecule has 0 aliphatic carbocycles. The van der Waals surface area contributed by atoms with Crippen molar-refractivity contribution in [3.8, 4) is 11.5 Å². The minimum Gasteiger partial charge on any atom is -0.504 e. The number of hydrogen-bond donors (Lipinski definition) is 3. The Morgan fingerprint density at radius 3 is 2.73 bits per heavy atom. The van der Waals surface area contributed by atoms with Gasteiger partial charge in [-0.15, -0.1) is 0 Å². The number of aromatic amines is 1. The molecule has 0 bridgehead atoms. The maximum absolute atomic E-state index is 9.05. The highest BCUT2D eigenvalue weighted by atomic mass is 16.3. The van der Waals surface area contributed by atoms with Crippen LogP contribution in [0.25, 0.3) is 10.9 Å². The summed E-state index contributed by atoms with van der Waals surface area (Å²) in [6.45, 7) is 0. The van der Waals surface area contributed by atoms with Gasteiger partial charge in [0.1, 0.15) is 0 Å². The van der Waals surface area contributed by atoms with Crippen molar-refractivity contribution in [3.05, 3.63) is 24.4 Å². The van der Waals surface area contributed by atoms with E-state index in [1.807, 2.05) is 0 Å². The lowest BCUT2D eigenvalue weighted by molar-refractivity contribution is 0.405. The van der Waals surface area contributed by atoms with Crippen LogP contribution in [0.3, 0.4) is 0 Å². The first-order chi connectivity index (χ1) is 5.27. The topological polar surface area (TPSA) is 56.2 Å². The van der Waals surface area contributed by atoms with E-state index in [2.05, 4.69) is 11.1 Å². The molecule has 0 saturated carbocycles. The Hall–Kier alpha value is -1.64. The largest absolute Gasteiger partial charge is 0.504 e. The van der Waals surface area contributed by atoms with Crippen molar-refractivity contribution in [3.63, 3.8) is 0 Å². The number of phenols is 2. The molecule has 3 nitrogen and oxygen atoms in total. The fraction of sp³-hybridized carbons (Fsp3) is 0. The molecule has 1 aromatic heterocycles. The summed E-state index contributed by atoms with van der Waals surface area (Å²) in [5, 5.41) is 18.9. The summed E-state index contributed by atoms with van der Waals surface area (Å²) in [4.78, 5) is 2.86. The van der Waals surface area contributed by atoms with Crippen LogP contribution in [-0.2, 0) is 0 Å². The van der Waals surface area contributed by atoms with E-state index in [1.165, 1.54) is 12.1 Å². The van der Waals surface area contributed by atoms with Gasteiger partial charge >= 0.3 is 0 Å². The van der Waals surface area contributed by atoms with Gasteiger partial charge in [0.05, 0.1) is 0 Å². The molecular weight excluding hydrogens is 142 g/mol. The normalized spacial score (nSPS) is 10.5. The van der Waals surface area contributed by atoms with Gasteiger partial charge in [0.2, 0.25) is 0 Å². The monoisotopic (exact) mass is 148 g/mol. The maximum Gasteiger partial charge on any atom is 0.159 e. The van der Waals surface area contributed by atoms with E-state index in [-0.39, 0.29) is 11.5 Å². The number of benzene rings is 1. The molecule has 11 heavy (non-hydrogen) atoms. The lowest BCUT2D eigenvalue weighted by Crippen LogP contribution is -1.69. The molecule has 0 saturated heterocycles. The molecule has 0 unspecified atom stereocenters. The lowest BCUT2D eigenvalue weighted by Gasteiger charge is -1.95. The predicted molar refractivity (Wildman–Crippen MR) is 40.5 cm³/mol. The van der Waals surface area contributed by atoms with E-state index >= 15 is 0 Å². The average Bonchev–Trinajstić information content (AvgIpc) is 2.36. The van der Waals surface area contributed by atoms with Gasteiger partial charge in [-0.05, 0) is 6.07 Å².